The van der Waals surface area contributed by atoms with Gasteiger partial charge in [-0.3, -0.25) is 9.52 Å². The third kappa shape index (κ3) is 7.34. The molecule has 0 bridgehead atoms. The third-order valence-electron chi connectivity index (χ3n) is 4.52. The molecule has 0 spiro atoms. The molecule has 1 aromatic heterocycles. The molecule has 0 saturated heterocycles. The zero-order valence-electron chi connectivity index (χ0n) is 18.0. The van der Waals surface area contributed by atoms with E-state index in [1.165, 1.54) is 30.3 Å². The van der Waals surface area contributed by atoms with Gasteiger partial charge in [-0.1, -0.05) is 24.3 Å². The highest BCUT2D eigenvalue weighted by atomic mass is 32.2. The summed E-state index contributed by atoms with van der Waals surface area (Å²) in [5, 5.41) is 2.48. The molecular weight excluding hydrogens is 493 g/mol. The van der Waals surface area contributed by atoms with E-state index in [4.69, 9.17) is 0 Å². The molecule has 35 heavy (non-hydrogen) atoms. The van der Waals surface area contributed by atoms with E-state index in [-0.39, 0.29) is 29.1 Å². The first-order valence-corrected chi connectivity index (χ1v) is 11.8. The lowest BCUT2D eigenvalue weighted by molar-refractivity contribution is -0.141. The zero-order valence-corrected chi connectivity index (χ0v) is 18.8. The van der Waals surface area contributed by atoms with Crippen molar-refractivity contribution < 1.29 is 35.2 Å². The Hall–Kier alpha value is -3.80. The molecule has 0 atom stereocenters. The van der Waals surface area contributed by atoms with Crippen molar-refractivity contribution in [3.8, 4) is 11.3 Å². The van der Waals surface area contributed by atoms with Crippen molar-refractivity contribution in [3.63, 3.8) is 0 Å². The largest absolute Gasteiger partial charge is 0.433 e. The molecule has 0 radical (unpaired) electrons. The number of alkyl halides is 3. The molecule has 1 amide bonds. The van der Waals surface area contributed by atoms with Crippen LogP contribution in [-0.4, -0.2) is 25.6 Å². The van der Waals surface area contributed by atoms with E-state index < -0.39 is 39.4 Å². The van der Waals surface area contributed by atoms with Crippen LogP contribution in [0.4, 0.5) is 27.6 Å². The van der Waals surface area contributed by atoms with Gasteiger partial charge in [-0.15, -0.1) is 0 Å². The Morgan fingerprint density at radius 1 is 1.06 bits per heavy atom. The van der Waals surface area contributed by atoms with Crippen LogP contribution in [0, 0.1) is 11.6 Å². The Labute approximate surface area is 197 Å². The standard InChI is InChI=1S/C23H18F5N3O3S/c1-35(33,34)31-19-8-5-14(11-18(19)25)13-29-21(32)10-7-15-6-9-20(23(26,27)28)30-22(15)16-3-2-4-17(24)12-16/h2-12,31H,13H2,1H3,(H,29,32). The monoisotopic (exact) mass is 511 g/mol. The second kappa shape index (κ2) is 10.2. The summed E-state index contributed by atoms with van der Waals surface area (Å²) in [6.45, 7) is -0.110. The number of hydrogen-bond acceptors (Lipinski definition) is 4. The smallest absolute Gasteiger partial charge is 0.348 e. The van der Waals surface area contributed by atoms with Crippen LogP contribution in [0.2, 0.25) is 0 Å². The highest BCUT2D eigenvalue weighted by Crippen LogP contribution is 2.32. The van der Waals surface area contributed by atoms with Gasteiger partial charge < -0.3 is 5.32 Å². The van der Waals surface area contributed by atoms with Gasteiger partial charge in [-0.25, -0.2) is 22.2 Å². The van der Waals surface area contributed by atoms with Crippen LogP contribution < -0.4 is 10.0 Å². The summed E-state index contributed by atoms with van der Waals surface area (Å²) < 4.78 is 91.5. The van der Waals surface area contributed by atoms with Crippen molar-refractivity contribution in [2.45, 2.75) is 12.7 Å². The Morgan fingerprint density at radius 3 is 2.43 bits per heavy atom. The predicted octanol–water partition coefficient (Wildman–Crippen LogP) is 4.75. The SMILES string of the molecule is CS(=O)(=O)Nc1ccc(CNC(=O)C=Cc2ccc(C(F)(F)F)nc2-c2cccc(F)c2)cc1F. The Bertz CT molecular complexity index is 1390. The van der Waals surface area contributed by atoms with Crippen molar-refractivity contribution in [1.82, 2.24) is 10.3 Å². The third-order valence-corrected chi connectivity index (χ3v) is 5.12. The number of carbonyl (C=O) groups excluding carboxylic acids is 1. The molecule has 0 aliphatic rings. The number of anilines is 1. The number of hydrogen-bond donors (Lipinski definition) is 2. The molecule has 1 heterocycles. The van der Waals surface area contributed by atoms with Crippen LogP contribution in [0.5, 0.6) is 0 Å². The Balaban J connectivity index is 1.77. The van der Waals surface area contributed by atoms with Crippen molar-refractivity contribution in [2.24, 2.45) is 0 Å². The lowest BCUT2D eigenvalue weighted by atomic mass is 10.0. The highest BCUT2D eigenvalue weighted by Gasteiger charge is 2.33. The molecule has 184 valence electrons. The second-order valence-corrected chi connectivity index (χ2v) is 9.13. The van der Waals surface area contributed by atoms with Crippen LogP contribution in [-0.2, 0) is 27.5 Å². The lowest BCUT2D eigenvalue weighted by Crippen LogP contribution is -2.20. The Kier molecular flexibility index (Phi) is 7.54. The van der Waals surface area contributed by atoms with Gasteiger partial charge in [0.05, 0.1) is 17.6 Å². The van der Waals surface area contributed by atoms with E-state index in [0.717, 1.165) is 42.7 Å². The molecule has 0 fully saturated rings. The van der Waals surface area contributed by atoms with Crippen molar-refractivity contribution in [1.29, 1.82) is 0 Å². The summed E-state index contributed by atoms with van der Waals surface area (Å²) in [5.74, 6) is -2.15. The summed E-state index contributed by atoms with van der Waals surface area (Å²) in [4.78, 5) is 15.8. The number of pyridine rings is 1. The number of rotatable bonds is 7. The molecule has 2 aromatic carbocycles. The highest BCUT2D eigenvalue weighted by molar-refractivity contribution is 7.92. The average Bonchev–Trinajstić information content (AvgIpc) is 2.76. The predicted molar refractivity (Wildman–Crippen MR) is 120 cm³/mol. The first kappa shape index (κ1) is 25.8. The average molecular weight is 511 g/mol. The topological polar surface area (TPSA) is 88.2 Å². The number of benzene rings is 2. The van der Waals surface area contributed by atoms with Crippen molar-refractivity contribution in [2.75, 3.05) is 11.0 Å². The van der Waals surface area contributed by atoms with Gasteiger partial charge in [0, 0.05) is 23.7 Å². The van der Waals surface area contributed by atoms with Crippen LogP contribution in [0.1, 0.15) is 16.8 Å². The molecule has 3 rings (SSSR count). The fraction of sp³-hybridized carbons (Fsp3) is 0.130. The maximum Gasteiger partial charge on any atom is 0.433 e. The van der Waals surface area contributed by atoms with Gasteiger partial charge in [-0.2, -0.15) is 13.2 Å². The number of halogens is 5. The van der Waals surface area contributed by atoms with E-state index in [1.807, 2.05) is 4.72 Å². The van der Waals surface area contributed by atoms with Gasteiger partial charge in [-0.05, 0) is 42.0 Å². The van der Waals surface area contributed by atoms with Gasteiger partial charge in [0.25, 0.3) is 0 Å². The number of amides is 1. The number of carbonyl (C=O) groups is 1. The van der Waals surface area contributed by atoms with E-state index in [0.29, 0.717) is 5.56 Å². The van der Waals surface area contributed by atoms with Gasteiger partial charge in [0.15, 0.2) is 0 Å². The maximum atomic E-state index is 14.1. The van der Waals surface area contributed by atoms with Crippen molar-refractivity contribution >= 4 is 27.7 Å². The van der Waals surface area contributed by atoms with Crippen molar-refractivity contribution in [3.05, 3.63) is 89.1 Å². The summed E-state index contributed by atoms with van der Waals surface area (Å²) in [5.41, 5.74) is -1.02. The molecule has 0 saturated carbocycles. The minimum absolute atomic E-state index is 0.0921. The Morgan fingerprint density at radius 2 is 1.80 bits per heavy atom. The van der Waals surface area contributed by atoms with E-state index >= 15 is 0 Å². The van der Waals surface area contributed by atoms with Crippen LogP contribution in [0.25, 0.3) is 17.3 Å². The normalized spacial score (nSPS) is 12.1. The molecular formula is C23H18F5N3O3S. The van der Waals surface area contributed by atoms with E-state index in [9.17, 15) is 35.2 Å². The zero-order chi connectivity index (χ0) is 25.8. The first-order chi connectivity index (χ1) is 16.3. The van der Waals surface area contributed by atoms with Crippen LogP contribution in [0.15, 0.2) is 60.7 Å². The summed E-state index contributed by atoms with van der Waals surface area (Å²) in [6, 6.07) is 10.4. The molecule has 0 aliphatic carbocycles. The van der Waals surface area contributed by atoms with Gasteiger partial charge >= 0.3 is 6.18 Å². The lowest BCUT2D eigenvalue weighted by Gasteiger charge is -2.11. The first-order valence-electron chi connectivity index (χ1n) is 9.88. The van der Waals surface area contributed by atoms with Crippen LogP contribution in [0.3, 0.4) is 0 Å². The molecule has 0 unspecified atom stereocenters. The quantitative estimate of drug-likeness (QED) is 0.354. The summed E-state index contributed by atoms with van der Waals surface area (Å²) >= 11 is 0. The molecule has 6 nitrogen and oxygen atoms in total. The minimum Gasteiger partial charge on any atom is -0.348 e. The summed E-state index contributed by atoms with van der Waals surface area (Å²) in [6.07, 6.45) is -1.58. The number of nitrogens with zero attached hydrogens (tertiary/aromatic N) is 1. The van der Waals surface area contributed by atoms with E-state index in [2.05, 4.69) is 10.3 Å². The minimum atomic E-state index is -4.72. The second-order valence-electron chi connectivity index (χ2n) is 7.38. The van der Waals surface area contributed by atoms with Gasteiger partial charge in [0.2, 0.25) is 15.9 Å². The van der Waals surface area contributed by atoms with Gasteiger partial charge in [0.1, 0.15) is 17.3 Å². The fourth-order valence-electron chi connectivity index (χ4n) is 2.99. The molecule has 12 heteroatoms. The van der Waals surface area contributed by atoms with E-state index in [1.54, 1.807) is 0 Å². The van der Waals surface area contributed by atoms with Crippen LogP contribution >= 0.6 is 0 Å². The molecule has 2 N–H and O–H groups in total. The number of nitrogens with one attached hydrogen (secondary N) is 2. The number of aromatic nitrogens is 1. The maximum absolute atomic E-state index is 14.1. The summed E-state index contributed by atoms with van der Waals surface area (Å²) in [7, 11) is -3.67. The fourth-order valence-corrected chi connectivity index (χ4v) is 3.56. The molecule has 0 aliphatic heterocycles. The number of sulfonamides is 1. The molecule has 3 aromatic rings.